The zero-order valence-corrected chi connectivity index (χ0v) is 11.7. The quantitative estimate of drug-likeness (QED) is 0.820. The molecule has 1 aromatic rings. The summed E-state index contributed by atoms with van der Waals surface area (Å²) in [6, 6.07) is 5.45. The third-order valence-electron chi connectivity index (χ3n) is 2.30. The van der Waals surface area contributed by atoms with Crippen molar-refractivity contribution in [2.75, 3.05) is 6.61 Å². The van der Waals surface area contributed by atoms with Gasteiger partial charge in [-0.05, 0) is 36.6 Å². The summed E-state index contributed by atoms with van der Waals surface area (Å²) in [7, 11) is 0. The Morgan fingerprint density at radius 2 is 1.94 bits per heavy atom. The van der Waals surface area contributed by atoms with Gasteiger partial charge in [-0.3, -0.25) is 9.59 Å². The van der Waals surface area contributed by atoms with E-state index in [2.05, 4.69) is 15.9 Å². The Kier molecular flexibility index (Phi) is 5.85. The summed E-state index contributed by atoms with van der Waals surface area (Å²) < 4.78 is 5.66. The largest absolute Gasteiger partial charge is 0.481 e. The van der Waals surface area contributed by atoms with Gasteiger partial charge in [-0.25, -0.2) is 0 Å². The molecule has 18 heavy (non-hydrogen) atoms. The molecule has 5 heteroatoms. The van der Waals surface area contributed by atoms with E-state index in [4.69, 9.17) is 9.84 Å². The van der Waals surface area contributed by atoms with Gasteiger partial charge in [0.25, 0.3) is 0 Å². The summed E-state index contributed by atoms with van der Waals surface area (Å²) in [6.45, 7) is 2.14. The maximum atomic E-state index is 11.2. The average molecular weight is 315 g/mol. The summed E-state index contributed by atoms with van der Waals surface area (Å²) in [4.78, 5) is 21.9. The van der Waals surface area contributed by atoms with Crippen LogP contribution in [0.5, 0.6) is 0 Å². The second-order valence-electron chi connectivity index (χ2n) is 3.84. The molecule has 4 nitrogen and oxygen atoms in total. The molecule has 98 valence electrons. The van der Waals surface area contributed by atoms with Crippen molar-refractivity contribution in [3.63, 3.8) is 0 Å². The number of aliphatic carboxylic acids is 1. The van der Waals surface area contributed by atoms with Crippen molar-refractivity contribution >= 4 is 27.9 Å². The minimum atomic E-state index is -0.871. The van der Waals surface area contributed by atoms with Crippen molar-refractivity contribution in [1.82, 2.24) is 0 Å². The Morgan fingerprint density at radius 3 is 2.56 bits per heavy atom. The van der Waals surface area contributed by atoms with Crippen molar-refractivity contribution in [1.29, 1.82) is 0 Å². The molecule has 1 N–H and O–H groups in total. The highest BCUT2D eigenvalue weighted by atomic mass is 79.9. The van der Waals surface area contributed by atoms with Crippen molar-refractivity contribution in [3.05, 3.63) is 33.8 Å². The van der Waals surface area contributed by atoms with Crippen molar-refractivity contribution in [2.45, 2.75) is 26.2 Å². The third kappa shape index (κ3) is 5.31. The van der Waals surface area contributed by atoms with Crippen LogP contribution in [0.4, 0.5) is 0 Å². The smallest absolute Gasteiger partial charge is 0.307 e. The molecule has 0 aliphatic heterocycles. The van der Waals surface area contributed by atoms with Crippen LogP contribution < -0.4 is 0 Å². The van der Waals surface area contributed by atoms with E-state index in [1.165, 1.54) is 0 Å². The molecule has 0 saturated heterocycles. The Hall–Kier alpha value is -1.36. The van der Waals surface area contributed by atoms with E-state index in [1.54, 1.807) is 19.1 Å². The maximum absolute atomic E-state index is 11.2. The number of carbonyl (C=O) groups is 2. The highest BCUT2D eigenvalue weighted by molar-refractivity contribution is 9.10. The van der Waals surface area contributed by atoms with Gasteiger partial charge in [0.05, 0.1) is 13.0 Å². The maximum Gasteiger partial charge on any atom is 0.307 e. The SMILES string of the molecule is CCOC(=O)CCc1cc(Br)cc(CC(=O)O)c1. The first-order valence-corrected chi connectivity index (χ1v) is 6.46. The topological polar surface area (TPSA) is 63.6 Å². The van der Waals surface area contributed by atoms with Gasteiger partial charge in [0.2, 0.25) is 0 Å². The minimum absolute atomic E-state index is 0.0220. The molecular formula is C13H15BrO4. The lowest BCUT2D eigenvalue weighted by Crippen LogP contribution is -2.06. The number of halogens is 1. The molecule has 1 rings (SSSR count). The fourth-order valence-electron chi connectivity index (χ4n) is 1.62. The Morgan fingerprint density at radius 1 is 1.28 bits per heavy atom. The van der Waals surface area contributed by atoms with Crippen LogP contribution in [-0.2, 0) is 27.2 Å². The zero-order valence-electron chi connectivity index (χ0n) is 10.1. The van der Waals surface area contributed by atoms with Gasteiger partial charge in [-0.1, -0.05) is 22.0 Å². The Labute approximate surface area is 114 Å². The predicted octanol–water partition coefficient (Wildman–Crippen LogP) is 2.57. The zero-order chi connectivity index (χ0) is 13.5. The van der Waals surface area contributed by atoms with Crippen LogP contribution in [0.15, 0.2) is 22.7 Å². The van der Waals surface area contributed by atoms with Crippen molar-refractivity contribution in [2.24, 2.45) is 0 Å². The van der Waals surface area contributed by atoms with E-state index in [1.807, 2.05) is 6.07 Å². The first-order chi connectivity index (χ1) is 8.51. The molecule has 0 aliphatic rings. The van der Waals surface area contributed by atoms with Gasteiger partial charge in [-0.15, -0.1) is 0 Å². The predicted molar refractivity (Wildman–Crippen MR) is 70.4 cm³/mol. The summed E-state index contributed by atoms with van der Waals surface area (Å²) in [5.74, 6) is -1.11. The average Bonchev–Trinajstić information content (AvgIpc) is 2.25. The van der Waals surface area contributed by atoms with Crippen LogP contribution in [0.2, 0.25) is 0 Å². The molecule has 0 aromatic heterocycles. The number of rotatable bonds is 6. The normalized spacial score (nSPS) is 10.1. The summed E-state index contributed by atoms with van der Waals surface area (Å²) in [6.07, 6.45) is 0.827. The van der Waals surface area contributed by atoms with Gasteiger partial charge >= 0.3 is 11.9 Å². The number of carbonyl (C=O) groups excluding carboxylic acids is 1. The van der Waals surface area contributed by atoms with Crippen LogP contribution >= 0.6 is 15.9 Å². The number of carboxylic acid groups (broad SMARTS) is 1. The molecular weight excluding hydrogens is 300 g/mol. The van der Waals surface area contributed by atoms with Gasteiger partial charge in [0.1, 0.15) is 0 Å². The molecule has 0 saturated carbocycles. The monoisotopic (exact) mass is 314 g/mol. The molecule has 1 aromatic carbocycles. The standard InChI is InChI=1S/C13H15BrO4/c1-2-18-13(17)4-3-9-5-10(8-12(15)16)7-11(14)6-9/h5-7H,2-4,8H2,1H3,(H,15,16). The number of carboxylic acids is 1. The molecule has 0 amide bonds. The third-order valence-corrected chi connectivity index (χ3v) is 2.75. The minimum Gasteiger partial charge on any atom is -0.481 e. The molecule has 0 fully saturated rings. The fourth-order valence-corrected chi connectivity index (χ4v) is 2.21. The molecule has 0 radical (unpaired) electrons. The molecule has 0 unspecified atom stereocenters. The number of aryl methyl sites for hydroxylation is 1. The van der Waals surface area contributed by atoms with Gasteiger partial charge < -0.3 is 9.84 Å². The summed E-state index contributed by atoms with van der Waals surface area (Å²) in [5, 5.41) is 8.75. The highest BCUT2D eigenvalue weighted by Gasteiger charge is 2.06. The van der Waals surface area contributed by atoms with Gasteiger partial charge in [0.15, 0.2) is 0 Å². The van der Waals surface area contributed by atoms with Crippen molar-refractivity contribution < 1.29 is 19.4 Å². The lowest BCUT2D eigenvalue weighted by molar-refractivity contribution is -0.143. The first-order valence-electron chi connectivity index (χ1n) is 5.67. The summed E-state index contributed by atoms with van der Waals surface area (Å²) >= 11 is 3.33. The van der Waals surface area contributed by atoms with Gasteiger partial charge in [0, 0.05) is 10.9 Å². The second-order valence-corrected chi connectivity index (χ2v) is 4.76. The van der Waals surface area contributed by atoms with E-state index in [0.29, 0.717) is 19.4 Å². The van der Waals surface area contributed by atoms with E-state index in [9.17, 15) is 9.59 Å². The molecule has 0 aliphatic carbocycles. The number of hydrogen-bond acceptors (Lipinski definition) is 3. The van der Waals surface area contributed by atoms with Crippen LogP contribution in [-0.4, -0.2) is 23.7 Å². The molecule has 0 bridgehead atoms. The van der Waals surface area contributed by atoms with Gasteiger partial charge in [-0.2, -0.15) is 0 Å². The summed E-state index contributed by atoms with van der Waals surface area (Å²) in [5.41, 5.74) is 1.64. The van der Waals surface area contributed by atoms with Crippen LogP contribution in [0.25, 0.3) is 0 Å². The van der Waals surface area contributed by atoms with Crippen LogP contribution in [0.1, 0.15) is 24.5 Å². The van der Waals surface area contributed by atoms with Crippen LogP contribution in [0.3, 0.4) is 0 Å². The lowest BCUT2D eigenvalue weighted by Gasteiger charge is -2.05. The van der Waals surface area contributed by atoms with E-state index in [-0.39, 0.29) is 12.4 Å². The fraction of sp³-hybridized carbons (Fsp3) is 0.385. The van der Waals surface area contributed by atoms with Crippen molar-refractivity contribution in [3.8, 4) is 0 Å². The molecule has 0 atom stereocenters. The highest BCUT2D eigenvalue weighted by Crippen LogP contribution is 2.18. The second kappa shape index (κ2) is 7.16. The van der Waals surface area contributed by atoms with E-state index in [0.717, 1.165) is 15.6 Å². The first kappa shape index (κ1) is 14.7. The number of hydrogen-bond donors (Lipinski definition) is 1. The Balaban J connectivity index is 2.68. The number of esters is 1. The number of benzene rings is 1. The van der Waals surface area contributed by atoms with E-state index >= 15 is 0 Å². The van der Waals surface area contributed by atoms with Crippen LogP contribution in [0, 0.1) is 0 Å². The molecule has 0 heterocycles. The lowest BCUT2D eigenvalue weighted by atomic mass is 10.0. The molecule has 0 spiro atoms. The van der Waals surface area contributed by atoms with E-state index < -0.39 is 5.97 Å². The number of ether oxygens (including phenoxy) is 1. The Bertz CT molecular complexity index is 443.